The van der Waals surface area contributed by atoms with Gasteiger partial charge in [0.2, 0.25) is 15.9 Å². The first-order valence-corrected chi connectivity index (χ1v) is 12.3. The summed E-state index contributed by atoms with van der Waals surface area (Å²) >= 11 is 0. The number of carbonyl (C=O) groups is 1. The maximum absolute atomic E-state index is 13.2. The first-order valence-electron chi connectivity index (χ1n) is 10.8. The first kappa shape index (κ1) is 23.1. The quantitative estimate of drug-likeness (QED) is 0.527. The van der Waals surface area contributed by atoms with Crippen LogP contribution < -0.4 is 9.47 Å². The molecule has 8 heteroatoms. The summed E-state index contributed by atoms with van der Waals surface area (Å²) in [4.78, 5) is 15.1. The Hall–Kier alpha value is -3.10. The summed E-state index contributed by atoms with van der Waals surface area (Å²) in [5.74, 6) is 1.09. The van der Waals surface area contributed by atoms with Gasteiger partial charge in [0.05, 0.1) is 31.7 Å². The van der Waals surface area contributed by atoms with Crippen LogP contribution >= 0.6 is 0 Å². The molecule has 0 aliphatic carbocycles. The van der Waals surface area contributed by atoms with Crippen LogP contribution in [0, 0.1) is 0 Å². The average Bonchev–Trinajstić information content (AvgIpc) is 3.33. The Balaban J connectivity index is 1.54. The van der Waals surface area contributed by atoms with Gasteiger partial charge in [-0.15, -0.1) is 0 Å². The number of nitrogens with zero attached hydrogens (tertiary/aromatic N) is 2. The molecule has 3 aromatic carbocycles. The van der Waals surface area contributed by atoms with E-state index in [1.54, 1.807) is 43.4 Å². The number of hydrogen-bond donors (Lipinski definition) is 0. The lowest BCUT2D eigenvalue weighted by atomic mass is 10.0. The van der Waals surface area contributed by atoms with Crippen LogP contribution in [0.5, 0.6) is 11.5 Å². The number of methoxy groups -OCH3 is 2. The van der Waals surface area contributed by atoms with Crippen LogP contribution in [-0.2, 0) is 14.8 Å². The highest BCUT2D eigenvalue weighted by atomic mass is 32.2. The van der Waals surface area contributed by atoms with E-state index < -0.39 is 10.0 Å². The number of likely N-dealkylation sites (tertiary alicyclic amines) is 1. The number of amides is 1. The third kappa shape index (κ3) is 4.54. The average molecular weight is 469 g/mol. The van der Waals surface area contributed by atoms with Gasteiger partial charge in [-0.3, -0.25) is 4.79 Å². The molecule has 33 heavy (non-hydrogen) atoms. The molecule has 0 aromatic heterocycles. The summed E-state index contributed by atoms with van der Waals surface area (Å²) in [6.45, 7) is 0.340. The van der Waals surface area contributed by atoms with E-state index >= 15 is 0 Å². The molecule has 3 aromatic rings. The molecule has 174 valence electrons. The zero-order valence-corrected chi connectivity index (χ0v) is 19.8. The van der Waals surface area contributed by atoms with Crippen LogP contribution in [0.4, 0.5) is 0 Å². The molecule has 1 atom stereocenters. The Morgan fingerprint density at radius 2 is 1.79 bits per heavy atom. The monoisotopic (exact) mass is 468 g/mol. The summed E-state index contributed by atoms with van der Waals surface area (Å²) in [6, 6.07) is 18.0. The predicted molar refractivity (Wildman–Crippen MR) is 127 cm³/mol. The topological polar surface area (TPSA) is 76.2 Å². The molecule has 0 bridgehead atoms. The van der Waals surface area contributed by atoms with E-state index in [9.17, 15) is 13.2 Å². The second-order valence-electron chi connectivity index (χ2n) is 8.12. The van der Waals surface area contributed by atoms with Crippen LogP contribution in [0.25, 0.3) is 10.8 Å². The SMILES string of the molecule is COc1ccc([C@H]2CCCN2C(=O)CN(C)S(=O)(=O)c2ccc3ccccc3c2)c(OC)c1. The molecule has 0 radical (unpaired) electrons. The van der Waals surface area contributed by atoms with Crippen molar-refractivity contribution >= 4 is 26.7 Å². The molecule has 0 N–H and O–H groups in total. The Morgan fingerprint density at radius 1 is 1.03 bits per heavy atom. The van der Waals surface area contributed by atoms with Crippen molar-refractivity contribution in [3.8, 4) is 11.5 Å². The minimum absolute atomic E-state index is 0.171. The number of benzene rings is 3. The lowest BCUT2D eigenvalue weighted by Gasteiger charge is -2.28. The molecule has 0 spiro atoms. The number of rotatable bonds is 7. The molecular formula is C25H28N2O5S. The van der Waals surface area contributed by atoms with Crippen molar-refractivity contribution in [2.75, 3.05) is 34.4 Å². The third-order valence-electron chi connectivity index (χ3n) is 6.16. The van der Waals surface area contributed by atoms with Gasteiger partial charge < -0.3 is 14.4 Å². The van der Waals surface area contributed by atoms with Crippen LogP contribution in [0.2, 0.25) is 0 Å². The number of likely N-dealkylation sites (N-methyl/N-ethyl adjacent to an activating group) is 1. The van der Waals surface area contributed by atoms with Crippen molar-refractivity contribution in [1.29, 1.82) is 0 Å². The second kappa shape index (κ2) is 9.41. The van der Waals surface area contributed by atoms with E-state index in [4.69, 9.17) is 9.47 Å². The van der Waals surface area contributed by atoms with Gasteiger partial charge in [-0.25, -0.2) is 8.42 Å². The molecule has 7 nitrogen and oxygen atoms in total. The number of carbonyl (C=O) groups excluding carboxylic acids is 1. The van der Waals surface area contributed by atoms with Crippen LogP contribution in [0.1, 0.15) is 24.4 Å². The molecule has 1 heterocycles. The highest BCUT2D eigenvalue weighted by Crippen LogP contribution is 2.38. The van der Waals surface area contributed by atoms with Gasteiger partial charge in [0.15, 0.2) is 0 Å². The van der Waals surface area contributed by atoms with Gasteiger partial charge in [-0.1, -0.05) is 30.3 Å². The minimum Gasteiger partial charge on any atom is -0.497 e. The van der Waals surface area contributed by atoms with Crippen molar-refractivity contribution in [2.24, 2.45) is 0 Å². The fraction of sp³-hybridized carbons (Fsp3) is 0.320. The summed E-state index contributed by atoms with van der Waals surface area (Å²) < 4.78 is 38.3. The molecule has 1 saturated heterocycles. The Kier molecular flexibility index (Phi) is 6.58. The van der Waals surface area contributed by atoms with E-state index in [1.807, 2.05) is 36.4 Å². The molecular weight excluding hydrogens is 440 g/mol. The molecule has 1 aliphatic rings. The Morgan fingerprint density at radius 3 is 2.52 bits per heavy atom. The van der Waals surface area contributed by atoms with Gasteiger partial charge >= 0.3 is 0 Å². The normalized spacial score (nSPS) is 16.4. The van der Waals surface area contributed by atoms with Gasteiger partial charge in [0, 0.05) is 25.2 Å². The van der Waals surface area contributed by atoms with E-state index in [-0.39, 0.29) is 23.4 Å². The zero-order chi connectivity index (χ0) is 23.6. The maximum Gasteiger partial charge on any atom is 0.243 e. The lowest BCUT2D eigenvalue weighted by Crippen LogP contribution is -2.40. The summed E-state index contributed by atoms with van der Waals surface area (Å²) in [7, 11) is 0.807. The van der Waals surface area contributed by atoms with E-state index in [1.165, 1.54) is 7.05 Å². The largest absolute Gasteiger partial charge is 0.497 e. The van der Waals surface area contributed by atoms with Crippen LogP contribution in [0.3, 0.4) is 0 Å². The number of fused-ring (bicyclic) bond motifs is 1. The molecule has 1 fully saturated rings. The smallest absolute Gasteiger partial charge is 0.243 e. The minimum atomic E-state index is -3.81. The number of ether oxygens (including phenoxy) is 2. The summed E-state index contributed by atoms with van der Waals surface area (Å²) in [6.07, 6.45) is 1.63. The van der Waals surface area contributed by atoms with E-state index in [0.29, 0.717) is 18.0 Å². The van der Waals surface area contributed by atoms with Crippen molar-refractivity contribution in [3.63, 3.8) is 0 Å². The standard InChI is InChI=1S/C25H28N2O5S/c1-26(33(29,30)21-12-10-18-7-4-5-8-19(18)15-21)17-25(28)27-14-6-9-23(27)22-13-11-20(31-2)16-24(22)32-3/h4-5,7-8,10-13,15-16,23H,6,9,14,17H2,1-3H3/t23-/m1/s1. The Labute approximate surface area is 194 Å². The van der Waals surface area contributed by atoms with Crippen LogP contribution in [0.15, 0.2) is 65.6 Å². The first-order chi connectivity index (χ1) is 15.8. The molecule has 1 amide bonds. The zero-order valence-electron chi connectivity index (χ0n) is 19.0. The van der Waals surface area contributed by atoms with E-state index in [2.05, 4.69) is 0 Å². The maximum atomic E-state index is 13.2. The van der Waals surface area contributed by atoms with Gasteiger partial charge in [0.1, 0.15) is 11.5 Å². The Bertz CT molecular complexity index is 1270. The van der Waals surface area contributed by atoms with Crippen molar-refractivity contribution in [1.82, 2.24) is 9.21 Å². The third-order valence-corrected chi connectivity index (χ3v) is 7.96. The summed E-state index contributed by atoms with van der Waals surface area (Å²) in [5.41, 5.74) is 0.893. The van der Waals surface area contributed by atoms with Gasteiger partial charge in [-0.05, 0) is 47.9 Å². The van der Waals surface area contributed by atoms with E-state index in [0.717, 1.165) is 33.5 Å². The number of sulfonamides is 1. The second-order valence-corrected chi connectivity index (χ2v) is 10.2. The van der Waals surface area contributed by atoms with Crippen molar-refractivity contribution in [2.45, 2.75) is 23.8 Å². The van der Waals surface area contributed by atoms with Crippen LogP contribution in [-0.4, -0.2) is 57.9 Å². The molecule has 0 saturated carbocycles. The van der Waals surface area contributed by atoms with Gasteiger partial charge in [-0.2, -0.15) is 4.31 Å². The fourth-order valence-corrected chi connectivity index (χ4v) is 5.51. The molecule has 4 rings (SSSR count). The predicted octanol–water partition coefficient (Wildman–Crippen LogP) is 3.84. The fourth-order valence-electron chi connectivity index (χ4n) is 4.36. The molecule has 0 unspecified atom stereocenters. The lowest BCUT2D eigenvalue weighted by molar-refractivity contribution is -0.132. The highest BCUT2D eigenvalue weighted by Gasteiger charge is 2.34. The highest BCUT2D eigenvalue weighted by molar-refractivity contribution is 7.89. The summed E-state index contributed by atoms with van der Waals surface area (Å²) in [5, 5.41) is 1.80. The number of hydrogen-bond acceptors (Lipinski definition) is 5. The van der Waals surface area contributed by atoms with Crippen molar-refractivity contribution < 1.29 is 22.7 Å². The van der Waals surface area contributed by atoms with Crippen molar-refractivity contribution in [3.05, 3.63) is 66.2 Å². The van der Waals surface area contributed by atoms with Gasteiger partial charge in [0.25, 0.3) is 0 Å². The molecule has 1 aliphatic heterocycles.